The maximum atomic E-state index is 12.9. The molecule has 0 atom stereocenters. The first kappa shape index (κ1) is 24.2. The highest BCUT2D eigenvalue weighted by molar-refractivity contribution is 8.45. The van der Waals surface area contributed by atoms with Crippen molar-refractivity contribution in [2.24, 2.45) is 0 Å². The molecule has 182 valence electrons. The number of halogens is 6. The van der Waals surface area contributed by atoms with Crippen LogP contribution in [0.1, 0.15) is 10.6 Å². The van der Waals surface area contributed by atoms with E-state index in [2.05, 4.69) is 19.6 Å². The van der Waals surface area contributed by atoms with Crippen LogP contribution in [0.2, 0.25) is 5.02 Å². The summed E-state index contributed by atoms with van der Waals surface area (Å²) >= 11 is 7.45. The van der Waals surface area contributed by atoms with Gasteiger partial charge in [0, 0.05) is 22.4 Å². The zero-order chi connectivity index (χ0) is 24.8. The number of aromatic amines is 1. The molecule has 0 saturated carbocycles. The molecule has 0 saturated heterocycles. The molecule has 1 N–H and O–H groups in total. The second kappa shape index (κ2) is 7.82. The van der Waals surface area contributed by atoms with Crippen LogP contribution >= 0.6 is 33.2 Å². The molecule has 0 aliphatic rings. The van der Waals surface area contributed by atoms with Gasteiger partial charge in [-0.1, -0.05) is 48.3 Å². The maximum Gasteiger partial charge on any atom is 0.439 e. The smallest absolute Gasteiger partial charge is 0.439 e. The largest absolute Gasteiger partial charge is 0.493 e. The Morgan fingerprint density at radius 3 is 2.41 bits per heavy atom. The number of nitrogens with one attached hydrogen (secondary N) is 1. The van der Waals surface area contributed by atoms with Gasteiger partial charge in [0.15, 0.2) is 5.82 Å². The lowest BCUT2D eigenvalue weighted by Gasteiger charge is -2.40. The second-order valence-electron chi connectivity index (χ2n) is 7.20. The molecule has 2 aromatic carbocycles. The number of ether oxygens (including phenoxy) is 1. The van der Waals surface area contributed by atoms with Crippen LogP contribution in [-0.2, 0) is 6.42 Å². The zero-order valence-corrected chi connectivity index (χ0v) is 19.5. The predicted octanol–water partition coefficient (Wildman–Crippen LogP) is 7.39. The van der Waals surface area contributed by atoms with E-state index >= 15 is 0 Å². The molecular weight excluding hydrogens is 525 g/mol. The molecule has 2 heterocycles. The van der Waals surface area contributed by atoms with Gasteiger partial charge in [0.25, 0.3) is 0 Å². The first-order valence-electron chi connectivity index (χ1n) is 9.49. The fraction of sp³-hybridized carbons (Fsp3) is 0.150. The molecule has 34 heavy (non-hydrogen) atoms. The quantitative estimate of drug-likeness (QED) is 0.248. The van der Waals surface area contributed by atoms with Gasteiger partial charge in [0.05, 0.1) is 17.3 Å². The fourth-order valence-corrected chi connectivity index (χ4v) is 4.90. The molecule has 0 fully saturated rings. The molecule has 0 amide bonds. The number of hydrogen-bond donors (Lipinski definition) is 1. The van der Waals surface area contributed by atoms with Gasteiger partial charge >= 0.3 is 16.0 Å². The van der Waals surface area contributed by atoms with Crippen molar-refractivity contribution in [3.63, 3.8) is 0 Å². The Kier molecular flexibility index (Phi) is 5.57. The summed E-state index contributed by atoms with van der Waals surface area (Å²) in [5, 5.41) is 4.27. The summed E-state index contributed by atoms with van der Waals surface area (Å²) in [6.07, 6.45) is 0.391. The average Bonchev–Trinajstić information content (AvgIpc) is 3.32. The van der Waals surface area contributed by atoms with Crippen molar-refractivity contribution in [3.8, 4) is 27.7 Å². The molecule has 2 aromatic heterocycles. The molecule has 0 spiro atoms. The van der Waals surface area contributed by atoms with E-state index in [1.807, 2.05) is 0 Å². The Bertz CT molecular complexity index is 1420. The van der Waals surface area contributed by atoms with Crippen LogP contribution in [0.15, 0.2) is 56.7 Å². The topological polar surface area (TPSA) is 81.0 Å². The summed E-state index contributed by atoms with van der Waals surface area (Å²) in [7, 11) is -9.72. The Morgan fingerprint density at radius 1 is 1.12 bits per heavy atom. The number of thiazole rings is 1. The van der Waals surface area contributed by atoms with Crippen molar-refractivity contribution >= 4 is 33.2 Å². The van der Waals surface area contributed by atoms with Crippen molar-refractivity contribution in [3.05, 3.63) is 68.6 Å². The third-order valence-electron chi connectivity index (χ3n) is 4.68. The standard InChI is InChI=1S/C20H15ClF5N3O3S2/c1-11-17(27-19(33-11)12-2-5-14(6-3-12)34(22,23,24,25)26)8-9-31-13-4-7-15(16(21)10-13)18-28-20(30)32-29-18/h2-7,10H,8-9H2,1H3,(H,28,29,30). The van der Waals surface area contributed by atoms with E-state index < -0.39 is 20.9 Å². The highest BCUT2D eigenvalue weighted by Gasteiger charge is 2.65. The normalized spacial score (nSPS) is 14.0. The molecule has 0 radical (unpaired) electrons. The number of hydrogen-bond acceptors (Lipinski definition) is 6. The monoisotopic (exact) mass is 539 g/mol. The van der Waals surface area contributed by atoms with E-state index in [-0.39, 0.29) is 17.5 Å². The molecule has 0 bridgehead atoms. The fourth-order valence-electron chi connectivity index (χ4n) is 3.03. The van der Waals surface area contributed by atoms with Gasteiger partial charge in [-0.3, -0.25) is 9.51 Å². The summed E-state index contributed by atoms with van der Waals surface area (Å²) in [4.78, 5) is 16.8. The van der Waals surface area contributed by atoms with Crippen LogP contribution < -0.4 is 10.5 Å². The molecule has 0 aliphatic heterocycles. The number of aryl methyl sites for hydroxylation is 1. The van der Waals surface area contributed by atoms with Crippen molar-refractivity contribution in [2.45, 2.75) is 18.2 Å². The summed E-state index contributed by atoms with van der Waals surface area (Å²) in [5.74, 6) is -0.0694. The Hall–Kier alpha value is -2.90. The van der Waals surface area contributed by atoms with Crippen LogP contribution in [0.25, 0.3) is 22.0 Å². The minimum Gasteiger partial charge on any atom is -0.493 e. The van der Waals surface area contributed by atoms with E-state index in [9.17, 15) is 24.2 Å². The molecule has 14 heteroatoms. The first-order chi connectivity index (χ1) is 15.7. The van der Waals surface area contributed by atoms with Crippen LogP contribution in [0, 0.1) is 6.92 Å². The van der Waals surface area contributed by atoms with E-state index in [4.69, 9.17) is 16.3 Å². The van der Waals surface area contributed by atoms with Gasteiger partial charge in [-0.2, -0.15) is 0 Å². The third-order valence-corrected chi connectivity index (χ3v) is 7.22. The summed E-state index contributed by atoms with van der Waals surface area (Å²) in [5.41, 5.74) is 1.43. The Morgan fingerprint density at radius 2 is 1.82 bits per heavy atom. The number of benzene rings is 2. The lowest BCUT2D eigenvalue weighted by Crippen LogP contribution is -2.05. The lowest BCUT2D eigenvalue weighted by molar-refractivity contribution is 0.320. The zero-order valence-electron chi connectivity index (χ0n) is 17.2. The van der Waals surface area contributed by atoms with E-state index in [0.29, 0.717) is 46.1 Å². The molecule has 4 rings (SSSR count). The molecule has 4 aromatic rings. The molecule has 0 aliphatic carbocycles. The first-order valence-corrected chi connectivity index (χ1v) is 12.6. The van der Waals surface area contributed by atoms with Crippen LogP contribution in [0.5, 0.6) is 5.75 Å². The second-order valence-corrected chi connectivity index (χ2v) is 11.2. The Labute approximate surface area is 198 Å². The summed E-state index contributed by atoms with van der Waals surface area (Å²) in [6.45, 7) is 2.02. The van der Waals surface area contributed by atoms with Crippen molar-refractivity contribution in [1.82, 2.24) is 15.1 Å². The van der Waals surface area contributed by atoms with Crippen LogP contribution in [0.3, 0.4) is 0 Å². The molecule has 6 nitrogen and oxygen atoms in total. The van der Waals surface area contributed by atoms with Gasteiger partial charge in [-0.15, -0.1) is 11.3 Å². The van der Waals surface area contributed by atoms with Crippen molar-refractivity contribution in [2.75, 3.05) is 6.61 Å². The highest BCUT2D eigenvalue weighted by Crippen LogP contribution is 3.02. The SMILES string of the molecule is Cc1sc(-c2ccc(S(F)(F)(F)(F)F)cc2)nc1CCOc1ccc(-c2noc(=O)[nH]2)c(Cl)c1. The van der Waals surface area contributed by atoms with E-state index in [1.165, 1.54) is 11.3 Å². The highest BCUT2D eigenvalue weighted by atomic mass is 35.5. The van der Waals surface area contributed by atoms with Gasteiger partial charge < -0.3 is 4.74 Å². The predicted molar refractivity (Wildman–Crippen MR) is 120 cm³/mol. The molecule has 0 unspecified atom stereocenters. The molecular formula is C20H15ClF5N3O3S2. The van der Waals surface area contributed by atoms with Crippen molar-refractivity contribution < 1.29 is 28.7 Å². The van der Waals surface area contributed by atoms with E-state index in [0.717, 1.165) is 17.0 Å². The average molecular weight is 540 g/mol. The van der Waals surface area contributed by atoms with Crippen LogP contribution in [0.4, 0.5) is 19.4 Å². The van der Waals surface area contributed by atoms with Gasteiger partial charge in [0.1, 0.15) is 15.7 Å². The maximum absolute atomic E-state index is 12.9. The number of nitrogens with zero attached hydrogens (tertiary/aromatic N) is 2. The van der Waals surface area contributed by atoms with Gasteiger partial charge in [-0.05, 0) is 37.3 Å². The van der Waals surface area contributed by atoms with E-state index in [1.54, 1.807) is 25.1 Å². The Balaban J connectivity index is 1.42. The van der Waals surface area contributed by atoms with Gasteiger partial charge in [-0.25, -0.2) is 9.78 Å². The summed E-state index contributed by atoms with van der Waals surface area (Å²) < 4.78 is 74.7. The third kappa shape index (κ3) is 5.42. The number of H-pyrrole nitrogens is 1. The van der Waals surface area contributed by atoms with Crippen LogP contribution in [-0.4, -0.2) is 21.7 Å². The summed E-state index contributed by atoms with van der Waals surface area (Å²) in [6, 6.07) is 7.50. The lowest BCUT2D eigenvalue weighted by atomic mass is 10.2. The minimum atomic E-state index is -9.72. The van der Waals surface area contributed by atoms with Gasteiger partial charge in [0.2, 0.25) is 0 Å². The number of aromatic nitrogens is 3. The van der Waals surface area contributed by atoms with Crippen molar-refractivity contribution in [1.29, 1.82) is 0 Å². The number of rotatable bonds is 7. The minimum absolute atomic E-state index is 0.181.